The number of ether oxygens (including phenoxy) is 1. The molecule has 0 aliphatic rings. The summed E-state index contributed by atoms with van der Waals surface area (Å²) in [5.41, 5.74) is 1.82. The molecule has 4 nitrogen and oxygen atoms in total. The number of hydrogen-bond acceptors (Lipinski definition) is 3. The van der Waals surface area contributed by atoms with E-state index >= 15 is 0 Å². The smallest absolute Gasteiger partial charge is 0.325 e. The van der Waals surface area contributed by atoms with Crippen molar-refractivity contribution < 1.29 is 18.7 Å². The third-order valence-corrected chi connectivity index (χ3v) is 3.16. The highest BCUT2D eigenvalue weighted by Crippen LogP contribution is 2.08. The summed E-state index contributed by atoms with van der Waals surface area (Å²) >= 11 is 0. The molecule has 0 saturated carbocycles. The van der Waals surface area contributed by atoms with E-state index in [1.165, 1.54) is 18.2 Å². The van der Waals surface area contributed by atoms with Gasteiger partial charge in [-0.1, -0.05) is 36.4 Å². The number of aryl methyl sites for hydroxylation is 1. The van der Waals surface area contributed by atoms with E-state index in [0.717, 1.165) is 11.1 Å². The zero-order valence-electron chi connectivity index (χ0n) is 12.1. The van der Waals surface area contributed by atoms with E-state index in [9.17, 15) is 14.0 Å². The highest BCUT2D eigenvalue weighted by Gasteiger charge is 2.12. The van der Waals surface area contributed by atoms with Crippen LogP contribution in [0.4, 0.5) is 4.39 Å². The van der Waals surface area contributed by atoms with Gasteiger partial charge in [-0.15, -0.1) is 0 Å². The van der Waals surface area contributed by atoms with Crippen LogP contribution in [0.2, 0.25) is 0 Å². The lowest BCUT2D eigenvalue weighted by atomic mass is 10.1. The molecule has 1 amide bonds. The lowest BCUT2D eigenvalue weighted by Crippen LogP contribution is -2.31. The van der Waals surface area contributed by atoms with Crippen LogP contribution in [0.15, 0.2) is 48.5 Å². The Kier molecular flexibility index (Phi) is 5.25. The van der Waals surface area contributed by atoms with E-state index < -0.39 is 17.7 Å². The number of nitrogens with one attached hydrogen (secondary N) is 1. The molecule has 114 valence electrons. The Morgan fingerprint density at radius 2 is 1.77 bits per heavy atom. The maximum atomic E-state index is 13.4. The van der Waals surface area contributed by atoms with Crippen molar-refractivity contribution in [2.45, 2.75) is 13.5 Å². The summed E-state index contributed by atoms with van der Waals surface area (Å²) in [6.45, 7) is 1.75. The van der Waals surface area contributed by atoms with Crippen molar-refractivity contribution in [2.24, 2.45) is 0 Å². The first-order valence-electron chi connectivity index (χ1n) is 6.81. The summed E-state index contributed by atoms with van der Waals surface area (Å²) in [7, 11) is 0. The molecule has 0 heterocycles. The topological polar surface area (TPSA) is 55.4 Å². The van der Waals surface area contributed by atoms with Crippen LogP contribution in [0.25, 0.3) is 0 Å². The molecule has 1 N–H and O–H groups in total. The first kappa shape index (κ1) is 15.7. The number of carbonyl (C=O) groups excluding carboxylic acids is 2. The van der Waals surface area contributed by atoms with Crippen LogP contribution < -0.4 is 5.32 Å². The van der Waals surface area contributed by atoms with Gasteiger partial charge in [0.15, 0.2) is 0 Å². The van der Waals surface area contributed by atoms with Gasteiger partial charge in [0.1, 0.15) is 19.0 Å². The summed E-state index contributed by atoms with van der Waals surface area (Å²) < 4.78 is 18.5. The van der Waals surface area contributed by atoms with Crippen molar-refractivity contribution in [1.29, 1.82) is 0 Å². The number of esters is 1. The van der Waals surface area contributed by atoms with E-state index in [4.69, 9.17) is 4.74 Å². The predicted molar refractivity (Wildman–Crippen MR) is 79.7 cm³/mol. The molecule has 0 fully saturated rings. The monoisotopic (exact) mass is 301 g/mol. The van der Waals surface area contributed by atoms with Crippen LogP contribution in [0.5, 0.6) is 0 Å². The van der Waals surface area contributed by atoms with Crippen LogP contribution in [0.3, 0.4) is 0 Å². The molecule has 0 bridgehead atoms. The van der Waals surface area contributed by atoms with Gasteiger partial charge in [0.25, 0.3) is 5.91 Å². The van der Waals surface area contributed by atoms with Crippen LogP contribution in [0, 0.1) is 12.7 Å². The number of rotatable bonds is 5. The summed E-state index contributed by atoms with van der Waals surface area (Å²) in [5.74, 6) is -1.85. The standard InChI is InChI=1S/C17H16FNO3/c1-12-6-2-3-7-13(12)11-22-16(20)10-19-17(21)14-8-4-5-9-15(14)18/h2-9H,10-11H2,1H3,(H,19,21). The fraction of sp³-hybridized carbons (Fsp3) is 0.176. The van der Waals surface area contributed by atoms with E-state index in [1.807, 2.05) is 31.2 Å². The summed E-state index contributed by atoms with van der Waals surface area (Å²) in [6.07, 6.45) is 0. The summed E-state index contributed by atoms with van der Waals surface area (Å²) in [6, 6.07) is 13.1. The lowest BCUT2D eigenvalue weighted by Gasteiger charge is -2.08. The molecule has 0 atom stereocenters. The molecule has 22 heavy (non-hydrogen) atoms. The second-order valence-corrected chi connectivity index (χ2v) is 4.75. The lowest BCUT2D eigenvalue weighted by molar-refractivity contribution is -0.143. The first-order valence-corrected chi connectivity index (χ1v) is 6.81. The molecule has 2 aromatic carbocycles. The number of benzene rings is 2. The molecule has 2 aromatic rings. The Bertz CT molecular complexity index is 685. The number of halogens is 1. The maximum Gasteiger partial charge on any atom is 0.325 e. The van der Waals surface area contributed by atoms with Gasteiger partial charge in [0.05, 0.1) is 5.56 Å². The Morgan fingerprint density at radius 1 is 1.09 bits per heavy atom. The molecule has 0 aromatic heterocycles. The molecule has 0 spiro atoms. The van der Waals surface area contributed by atoms with Gasteiger partial charge in [0, 0.05) is 0 Å². The van der Waals surface area contributed by atoms with E-state index in [2.05, 4.69) is 5.32 Å². The average Bonchev–Trinajstić information content (AvgIpc) is 2.52. The number of hydrogen-bond donors (Lipinski definition) is 1. The van der Waals surface area contributed by atoms with Crippen molar-refractivity contribution >= 4 is 11.9 Å². The van der Waals surface area contributed by atoms with Crippen molar-refractivity contribution in [3.63, 3.8) is 0 Å². The SMILES string of the molecule is Cc1ccccc1COC(=O)CNC(=O)c1ccccc1F. The minimum atomic E-state index is -0.647. The van der Waals surface area contributed by atoms with Gasteiger partial charge < -0.3 is 10.1 Å². The van der Waals surface area contributed by atoms with Gasteiger partial charge in [-0.3, -0.25) is 9.59 Å². The predicted octanol–water partition coefficient (Wildman–Crippen LogP) is 2.61. The highest BCUT2D eigenvalue weighted by atomic mass is 19.1. The minimum Gasteiger partial charge on any atom is -0.459 e. The van der Waals surface area contributed by atoms with Crippen LogP contribution >= 0.6 is 0 Å². The normalized spacial score (nSPS) is 10.1. The average molecular weight is 301 g/mol. The van der Waals surface area contributed by atoms with Gasteiger partial charge in [0.2, 0.25) is 0 Å². The zero-order valence-corrected chi connectivity index (χ0v) is 12.1. The molecular formula is C17H16FNO3. The molecule has 0 aliphatic carbocycles. The molecule has 0 saturated heterocycles. The maximum absolute atomic E-state index is 13.4. The largest absolute Gasteiger partial charge is 0.459 e. The first-order chi connectivity index (χ1) is 10.6. The molecule has 0 radical (unpaired) electrons. The van der Waals surface area contributed by atoms with Gasteiger partial charge >= 0.3 is 5.97 Å². The highest BCUT2D eigenvalue weighted by molar-refractivity contribution is 5.96. The Hall–Kier alpha value is -2.69. The quantitative estimate of drug-likeness (QED) is 0.864. The summed E-state index contributed by atoms with van der Waals surface area (Å²) in [5, 5.41) is 2.34. The van der Waals surface area contributed by atoms with Crippen LogP contribution in [0.1, 0.15) is 21.5 Å². The second kappa shape index (κ2) is 7.36. The fourth-order valence-corrected chi connectivity index (χ4v) is 1.87. The molecule has 5 heteroatoms. The van der Waals surface area contributed by atoms with Crippen molar-refractivity contribution in [2.75, 3.05) is 6.54 Å². The van der Waals surface area contributed by atoms with Gasteiger partial charge in [-0.25, -0.2) is 4.39 Å². The molecule has 2 rings (SSSR count). The second-order valence-electron chi connectivity index (χ2n) is 4.75. The van der Waals surface area contributed by atoms with Crippen molar-refractivity contribution in [3.8, 4) is 0 Å². The Labute approximate surface area is 127 Å². The third-order valence-electron chi connectivity index (χ3n) is 3.16. The number of amides is 1. The van der Waals surface area contributed by atoms with Crippen molar-refractivity contribution in [1.82, 2.24) is 5.32 Å². The third kappa shape index (κ3) is 4.15. The van der Waals surface area contributed by atoms with Gasteiger partial charge in [-0.2, -0.15) is 0 Å². The molecular weight excluding hydrogens is 285 g/mol. The Balaban J connectivity index is 1.82. The van der Waals surface area contributed by atoms with E-state index in [-0.39, 0.29) is 18.7 Å². The number of carbonyl (C=O) groups is 2. The summed E-state index contributed by atoms with van der Waals surface area (Å²) in [4.78, 5) is 23.4. The van der Waals surface area contributed by atoms with E-state index in [1.54, 1.807) is 6.07 Å². The fourth-order valence-electron chi connectivity index (χ4n) is 1.87. The minimum absolute atomic E-state index is 0.103. The van der Waals surface area contributed by atoms with Crippen molar-refractivity contribution in [3.05, 3.63) is 71.0 Å². The van der Waals surface area contributed by atoms with Gasteiger partial charge in [-0.05, 0) is 30.2 Å². The van der Waals surface area contributed by atoms with E-state index in [0.29, 0.717) is 0 Å². The Morgan fingerprint density at radius 3 is 2.50 bits per heavy atom. The van der Waals surface area contributed by atoms with Crippen LogP contribution in [-0.2, 0) is 16.1 Å². The molecule has 0 unspecified atom stereocenters. The molecule has 0 aliphatic heterocycles. The zero-order chi connectivity index (χ0) is 15.9. The van der Waals surface area contributed by atoms with Crippen LogP contribution in [-0.4, -0.2) is 18.4 Å².